The summed E-state index contributed by atoms with van der Waals surface area (Å²) in [7, 11) is -1.27. The van der Waals surface area contributed by atoms with Crippen molar-refractivity contribution in [2.24, 2.45) is 0 Å². The van der Waals surface area contributed by atoms with Crippen LogP contribution in [0.3, 0.4) is 0 Å². The van der Waals surface area contributed by atoms with E-state index in [2.05, 4.69) is 15.5 Å². The normalized spacial score (nSPS) is 20.1. The number of nitrogens with one attached hydrogen (secondary N) is 1. The number of hydrogen-bond acceptors (Lipinski definition) is 7. The van der Waals surface area contributed by atoms with Crippen LogP contribution >= 0.6 is 11.8 Å². The van der Waals surface area contributed by atoms with Gasteiger partial charge in [0.1, 0.15) is 5.37 Å². The number of sulfone groups is 1. The van der Waals surface area contributed by atoms with Gasteiger partial charge < -0.3 is 10.2 Å². The van der Waals surface area contributed by atoms with Crippen molar-refractivity contribution in [2.45, 2.75) is 18.8 Å². The lowest BCUT2D eigenvalue weighted by atomic mass is 10.3. The monoisotopic (exact) mass is 316 g/mol. The molecule has 0 amide bonds. The molecular formula is C12H20N4O2S2. The van der Waals surface area contributed by atoms with E-state index in [1.54, 1.807) is 18.7 Å². The molecule has 0 radical (unpaired) electrons. The number of anilines is 1. The van der Waals surface area contributed by atoms with Crippen LogP contribution in [-0.2, 0) is 16.4 Å². The number of aromatic nitrogens is 2. The highest BCUT2D eigenvalue weighted by molar-refractivity contribution is 8.01. The Hall–Kier alpha value is -0.860. The van der Waals surface area contributed by atoms with Gasteiger partial charge in [-0.05, 0) is 19.2 Å². The molecule has 1 atom stereocenters. The predicted molar refractivity (Wildman–Crippen MR) is 82.7 cm³/mol. The molecule has 1 aromatic heterocycles. The third-order valence-corrected chi connectivity index (χ3v) is 6.55. The number of thioether (sulfide) groups is 1. The molecule has 0 bridgehead atoms. The molecule has 112 valence electrons. The molecule has 1 aliphatic rings. The predicted octanol–water partition coefficient (Wildman–Crippen LogP) is 0.510. The van der Waals surface area contributed by atoms with Gasteiger partial charge in [0.15, 0.2) is 15.7 Å². The molecule has 6 nitrogen and oxygen atoms in total. The first kappa shape index (κ1) is 15.5. The zero-order valence-corrected chi connectivity index (χ0v) is 13.4. The fraction of sp³-hybridized carbons (Fsp3) is 0.667. The lowest BCUT2D eigenvalue weighted by Crippen LogP contribution is -2.48. The van der Waals surface area contributed by atoms with E-state index in [-0.39, 0.29) is 5.75 Å². The van der Waals surface area contributed by atoms with Crippen molar-refractivity contribution < 1.29 is 8.42 Å². The van der Waals surface area contributed by atoms with E-state index >= 15 is 0 Å². The minimum absolute atomic E-state index is 0.153. The van der Waals surface area contributed by atoms with E-state index in [4.69, 9.17) is 0 Å². The standard InChI is InChI=1S/C12H20N4O2S2/c1-3-20(17,18)12-9-19-7-6-16(12)11-5-4-10(8-13-2)14-15-11/h4-5,12-13H,3,6-9H2,1-2H3. The number of hydrogen-bond donors (Lipinski definition) is 1. The highest BCUT2D eigenvalue weighted by Gasteiger charge is 2.33. The molecule has 2 rings (SSSR count). The Labute approximate surface area is 124 Å². The molecule has 1 saturated heterocycles. The first-order chi connectivity index (χ1) is 9.58. The topological polar surface area (TPSA) is 75.2 Å². The van der Waals surface area contributed by atoms with Crippen molar-refractivity contribution in [3.8, 4) is 0 Å². The third kappa shape index (κ3) is 3.42. The van der Waals surface area contributed by atoms with Crippen LogP contribution in [0.25, 0.3) is 0 Å². The summed E-state index contributed by atoms with van der Waals surface area (Å²) in [5, 5.41) is 10.8. The molecule has 20 heavy (non-hydrogen) atoms. The van der Waals surface area contributed by atoms with E-state index in [0.717, 1.165) is 11.4 Å². The van der Waals surface area contributed by atoms with Crippen molar-refractivity contribution in [3.63, 3.8) is 0 Å². The van der Waals surface area contributed by atoms with E-state index in [1.807, 2.05) is 24.1 Å². The summed E-state index contributed by atoms with van der Waals surface area (Å²) in [6.45, 7) is 3.03. The molecule has 8 heteroatoms. The minimum Gasteiger partial charge on any atom is -0.337 e. The lowest BCUT2D eigenvalue weighted by molar-refractivity contribution is 0.578. The van der Waals surface area contributed by atoms with Gasteiger partial charge in [0.2, 0.25) is 0 Å². The van der Waals surface area contributed by atoms with Crippen LogP contribution in [0.5, 0.6) is 0 Å². The molecule has 1 N–H and O–H groups in total. The van der Waals surface area contributed by atoms with Gasteiger partial charge >= 0.3 is 0 Å². The summed E-state index contributed by atoms with van der Waals surface area (Å²) in [6.07, 6.45) is 0. The van der Waals surface area contributed by atoms with E-state index in [0.29, 0.717) is 24.7 Å². The third-order valence-electron chi connectivity index (χ3n) is 3.26. The fourth-order valence-corrected chi connectivity index (χ4v) is 5.09. The fourth-order valence-electron chi connectivity index (χ4n) is 2.11. The molecular weight excluding hydrogens is 296 g/mol. The second-order valence-corrected chi connectivity index (χ2v) is 8.18. The van der Waals surface area contributed by atoms with Crippen molar-refractivity contribution in [1.29, 1.82) is 0 Å². The number of nitrogens with zero attached hydrogens (tertiary/aromatic N) is 3. The molecule has 1 aliphatic heterocycles. The minimum atomic E-state index is -3.11. The van der Waals surface area contributed by atoms with Crippen LogP contribution in [0.15, 0.2) is 12.1 Å². The largest absolute Gasteiger partial charge is 0.337 e. The Morgan fingerprint density at radius 3 is 2.85 bits per heavy atom. The second kappa shape index (κ2) is 6.73. The van der Waals surface area contributed by atoms with Gasteiger partial charge in [0, 0.05) is 30.3 Å². The Bertz CT molecular complexity index is 533. The highest BCUT2D eigenvalue weighted by atomic mass is 32.2. The first-order valence-electron chi connectivity index (χ1n) is 6.61. The average molecular weight is 316 g/mol. The quantitative estimate of drug-likeness (QED) is 0.848. The highest BCUT2D eigenvalue weighted by Crippen LogP contribution is 2.25. The Balaban J connectivity index is 2.23. The summed E-state index contributed by atoms with van der Waals surface area (Å²) in [5.74, 6) is 2.30. The van der Waals surface area contributed by atoms with E-state index in [1.165, 1.54) is 0 Å². The van der Waals surface area contributed by atoms with Crippen molar-refractivity contribution >= 4 is 27.4 Å². The van der Waals surface area contributed by atoms with E-state index in [9.17, 15) is 8.42 Å². The van der Waals surface area contributed by atoms with Crippen LogP contribution < -0.4 is 10.2 Å². The van der Waals surface area contributed by atoms with Gasteiger partial charge in [-0.3, -0.25) is 0 Å². The van der Waals surface area contributed by atoms with Gasteiger partial charge in [-0.15, -0.1) is 5.10 Å². The van der Waals surface area contributed by atoms with Crippen LogP contribution in [0.1, 0.15) is 12.6 Å². The van der Waals surface area contributed by atoms with Crippen molar-refractivity contribution in [1.82, 2.24) is 15.5 Å². The van der Waals surface area contributed by atoms with Gasteiger partial charge in [0.25, 0.3) is 0 Å². The molecule has 0 aliphatic carbocycles. The first-order valence-corrected chi connectivity index (χ1v) is 9.48. The Kier molecular flexibility index (Phi) is 5.22. The van der Waals surface area contributed by atoms with Crippen molar-refractivity contribution in [3.05, 3.63) is 17.8 Å². The second-order valence-electron chi connectivity index (χ2n) is 4.59. The Morgan fingerprint density at radius 1 is 1.45 bits per heavy atom. The summed E-state index contributed by atoms with van der Waals surface area (Å²) < 4.78 is 24.4. The zero-order chi connectivity index (χ0) is 14.6. The summed E-state index contributed by atoms with van der Waals surface area (Å²) >= 11 is 1.68. The SMILES string of the molecule is CCS(=O)(=O)C1CSCCN1c1ccc(CNC)nn1. The molecule has 1 fully saturated rings. The van der Waals surface area contributed by atoms with E-state index < -0.39 is 15.2 Å². The van der Waals surface area contributed by atoms with Gasteiger partial charge in [-0.1, -0.05) is 6.92 Å². The summed E-state index contributed by atoms with van der Waals surface area (Å²) in [6, 6.07) is 3.74. The van der Waals surface area contributed by atoms with Gasteiger partial charge in [0.05, 0.1) is 5.69 Å². The molecule has 1 unspecified atom stereocenters. The van der Waals surface area contributed by atoms with Crippen LogP contribution in [0.4, 0.5) is 5.82 Å². The van der Waals surface area contributed by atoms with Crippen molar-refractivity contribution in [2.75, 3.05) is 35.8 Å². The molecule has 1 aromatic rings. The average Bonchev–Trinajstić information content (AvgIpc) is 2.48. The molecule has 0 spiro atoms. The maximum absolute atomic E-state index is 12.2. The van der Waals surface area contributed by atoms with Crippen LogP contribution in [0.2, 0.25) is 0 Å². The zero-order valence-electron chi connectivity index (χ0n) is 11.7. The van der Waals surface area contributed by atoms with Gasteiger partial charge in [-0.25, -0.2) is 8.42 Å². The summed E-state index contributed by atoms with van der Waals surface area (Å²) in [5.41, 5.74) is 0.845. The van der Waals surface area contributed by atoms with Gasteiger partial charge in [-0.2, -0.15) is 16.9 Å². The Morgan fingerprint density at radius 2 is 2.25 bits per heavy atom. The molecule has 0 aromatic carbocycles. The lowest BCUT2D eigenvalue weighted by Gasteiger charge is -2.35. The maximum atomic E-state index is 12.2. The number of rotatable bonds is 5. The molecule has 2 heterocycles. The maximum Gasteiger partial charge on any atom is 0.171 e. The smallest absolute Gasteiger partial charge is 0.171 e. The molecule has 0 saturated carbocycles. The van der Waals surface area contributed by atoms with Crippen LogP contribution in [-0.4, -0.2) is 54.8 Å². The van der Waals surface area contributed by atoms with Crippen LogP contribution in [0, 0.1) is 0 Å². The summed E-state index contributed by atoms with van der Waals surface area (Å²) in [4.78, 5) is 1.87.